The summed E-state index contributed by atoms with van der Waals surface area (Å²) < 4.78 is 1.03. The van der Waals surface area contributed by atoms with Crippen LogP contribution in [-0.2, 0) is 9.59 Å². The second kappa shape index (κ2) is 5.57. The lowest BCUT2D eigenvalue weighted by Gasteiger charge is -1.99. The normalized spacial score (nSPS) is 12.7. The molecule has 0 spiro atoms. The number of hydrogen-bond donors (Lipinski definition) is 0. The van der Waals surface area contributed by atoms with E-state index in [9.17, 15) is 9.59 Å². The molecule has 0 saturated carbocycles. The Morgan fingerprint density at radius 1 is 1.56 bits per heavy atom. The van der Waals surface area contributed by atoms with Crippen molar-refractivity contribution in [2.24, 2.45) is 5.92 Å². The van der Waals surface area contributed by atoms with Gasteiger partial charge in [-0.15, -0.1) is 0 Å². The molecule has 9 heavy (non-hydrogen) atoms. The topological polar surface area (TPSA) is 34.1 Å². The van der Waals surface area contributed by atoms with E-state index < -0.39 is 0 Å². The van der Waals surface area contributed by atoms with Crippen molar-refractivity contribution in [3.63, 3.8) is 0 Å². The highest BCUT2D eigenvalue weighted by Crippen LogP contribution is 2.01. The van der Waals surface area contributed by atoms with Gasteiger partial charge in [0, 0.05) is 4.43 Å². The van der Waals surface area contributed by atoms with Gasteiger partial charge >= 0.3 is 0 Å². The Kier molecular flexibility index (Phi) is 6.07. The molecule has 0 fully saturated rings. The third kappa shape index (κ3) is 3.49. The number of aldehydes is 1. The summed E-state index contributed by atoms with van der Waals surface area (Å²) in [7, 11) is 0. The van der Waals surface area contributed by atoms with E-state index in [2.05, 4.69) is 0 Å². The Bertz CT molecular complexity index is 114. The second-order valence-corrected chi connectivity index (χ2v) is 3.14. The molecule has 0 aromatic rings. The predicted molar refractivity (Wildman–Crippen MR) is 52.3 cm³/mol. The molecule has 4 heteroatoms. The number of hydrogen-bond acceptors (Lipinski definition) is 2. The SMILES string of the molecule is O=CC(CI)C(=O)CI. The third-order valence-corrected chi connectivity index (χ3v) is 2.58. The van der Waals surface area contributed by atoms with E-state index in [0.717, 1.165) is 0 Å². The van der Waals surface area contributed by atoms with Crippen molar-refractivity contribution in [3.8, 4) is 0 Å². The van der Waals surface area contributed by atoms with Crippen LogP contribution in [0, 0.1) is 5.92 Å². The molecular formula is C5H6I2O2. The van der Waals surface area contributed by atoms with Gasteiger partial charge in [-0.2, -0.15) is 0 Å². The molecule has 52 valence electrons. The lowest BCUT2D eigenvalue weighted by molar-refractivity contribution is -0.124. The maximum Gasteiger partial charge on any atom is 0.153 e. The number of carbonyl (C=O) groups excluding carboxylic acids is 2. The zero-order valence-electron chi connectivity index (χ0n) is 4.64. The van der Waals surface area contributed by atoms with Crippen molar-refractivity contribution < 1.29 is 9.59 Å². The van der Waals surface area contributed by atoms with Gasteiger partial charge in [0.1, 0.15) is 6.29 Å². The number of alkyl halides is 2. The first-order valence-electron chi connectivity index (χ1n) is 2.36. The van der Waals surface area contributed by atoms with Crippen LogP contribution in [0.25, 0.3) is 0 Å². The Morgan fingerprint density at radius 3 is 2.22 bits per heavy atom. The molecular weight excluding hydrogens is 346 g/mol. The summed E-state index contributed by atoms with van der Waals surface area (Å²) in [5, 5.41) is 0. The van der Waals surface area contributed by atoms with Gasteiger partial charge in [0.15, 0.2) is 5.78 Å². The first-order valence-corrected chi connectivity index (χ1v) is 5.41. The first kappa shape index (κ1) is 9.80. The van der Waals surface area contributed by atoms with Crippen LogP contribution in [0.3, 0.4) is 0 Å². The monoisotopic (exact) mass is 352 g/mol. The fourth-order valence-corrected chi connectivity index (χ4v) is 1.56. The predicted octanol–water partition coefficient (Wildman–Crippen LogP) is 1.24. The summed E-state index contributed by atoms with van der Waals surface area (Å²) in [5.41, 5.74) is 0. The molecule has 0 N–H and O–H groups in total. The van der Waals surface area contributed by atoms with Crippen molar-refractivity contribution in [3.05, 3.63) is 0 Å². The maximum atomic E-state index is 10.7. The summed E-state index contributed by atoms with van der Waals surface area (Å²) >= 11 is 4.00. The van der Waals surface area contributed by atoms with E-state index in [4.69, 9.17) is 0 Å². The van der Waals surface area contributed by atoms with Crippen LogP contribution in [0.2, 0.25) is 0 Å². The van der Waals surface area contributed by atoms with Crippen LogP contribution in [0.5, 0.6) is 0 Å². The van der Waals surface area contributed by atoms with Gasteiger partial charge in [-0.25, -0.2) is 0 Å². The molecule has 0 bridgehead atoms. The lowest BCUT2D eigenvalue weighted by atomic mass is 10.1. The van der Waals surface area contributed by atoms with E-state index in [1.54, 1.807) is 0 Å². The van der Waals surface area contributed by atoms with Gasteiger partial charge in [-0.3, -0.25) is 4.79 Å². The fraction of sp³-hybridized carbons (Fsp3) is 0.600. The Labute approximate surface area is 81.0 Å². The van der Waals surface area contributed by atoms with Crippen LogP contribution < -0.4 is 0 Å². The van der Waals surface area contributed by atoms with Crippen molar-refractivity contribution in [2.45, 2.75) is 0 Å². The quantitative estimate of drug-likeness (QED) is 0.330. The van der Waals surface area contributed by atoms with Crippen LogP contribution >= 0.6 is 45.2 Å². The number of ketones is 1. The van der Waals surface area contributed by atoms with Crippen LogP contribution in [0.4, 0.5) is 0 Å². The van der Waals surface area contributed by atoms with Gasteiger partial charge in [0.05, 0.1) is 10.3 Å². The molecule has 2 nitrogen and oxygen atoms in total. The zero-order chi connectivity index (χ0) is 7.28. The average molecular weight is 352 g/mol. The summed E-state index contributed by atoms with van der Waals surface area (Å²) in [5.74, 6) is -0.345. The van der Waals surface area contributed by atoms with Gasteiger partial charge < -0.3 is 4.79 Å². The maximum absolute atomic E-state index is 10.7. The Balaban J connectivity index is 3.78. The summed E-state index contributed by atoms with van der Waals surface area (Å²) in [6.45, 7) is 0. The first-order chi connectivity index (χ1) is 4.26. The van der Waals surface area contributed by atoms with Crippen molar-refractivity contribution in [2.75, 3.05) is 8.86 Å². The molecule has 0 aromatic carbocycles. The smallest absolute Gasteiger partial charge is 0.153 e. The molecule has 0 radical (unpaired) electrons. The third-order valence-electron chi connectivity index (χ3n) is 0.876. The van der Waals surface area contributed by atoms with E-state index in [0.29, 0.717) is 15.1 Å². The van der Waals surface area contributed by atoms with Gasteiger partial charge in [0.25, 0.3) is 0 Å². The Morgan fingerprint density at radius 2 is 2.11 bits per heavy atom. The van der Waals surface area contributed by atoms with Crippen molar-refractivity contribution >= 4 is 57.3 Å². The average Bonchev–Trinajstić information content (AvgIpc) is 1.90. The highest BCUT2D eigenvalue weighted by atomic mass is 127. The molecule has 1 atom stereocenters. The highest BCUT2D eigenvalue weighted by Gasteiger charge is 2.13. The van der Waals surface area contributed by atoms with Gasteiger partial charge in [-0.1, -0.05) is 45.2 Å². The molecule has 0 aromatic heterocycles. The van der Waals surface area contributed by atoms with Crippen LogP contribution in [0.1, 0.15) is 0 Å². The van der Waals surface area contributed by atoms with Gasteiger partial charge in [-0.05, 0) is 0 Å². The van der Waals surface area contributed by atoms with E-state index >= 15 is 0 Å². The van der Waals surface area contributed by atoms with Crippen molar-refractivity contribution in [1.82, 2.24) is 0 Å². The molecule has 1 unspecified atom stereocenters. The number of rotatable bonds is 4. The molecule has 0 amide bonds. The number of halogens is 2. The molecule has 0 rings (SSSR count). The van der Waals surface area contributed by atoms with Crippen LogP contribution in [-0.4, -0.2) is 20.9 Å². The second-order valence-electron chi connectivity index (χ2n) is 1.50. The van der Waals surface area contributed by atoms with Crippen LogP contribution in [0.15, 0.2) is 0 Å². The summed E-state index contributed by atoms with van der Waals surface area (Å²) in [6, 6.07) is 0. The number of Topliss-reactive ketones (excluding diaryl/α,β-unsaturated/α-hetero) is 1. The molecule has 0 aliphatic heterocycles. The fourth-order valence-electron chi connectivity index (χ4n) is 0.297. The van der Waals surface area contributed by atoms with Crippen molar-refractivity contribution in [1.29, 1.82) is 0 Å². The Hall–Kier alpha value is 0.800. The minimum atomic E-state index is -0.373. The van der Waals surface area contributed by atoms with Gasteiger partial charge in [0.2, 0.25) is 0 Å². The summed E-state index contributed by atoms with van der Waals surface area (Å²) in [4.78, 5) is 20.8. The van der Waals surface area contributed by atoms with E-state index in [-0.39, 0.29) is 11.7 Å². The highest BCUT2D eigenvalue weighted by molar-refractivity contribution is 14.1. The number of carbonyl (C=O) groups is 2. The molecule has 0 aliphatic rings. The largest absolute Gasteiger partial charge is 0.303 e. The standard InChI is InChI=1S/C5H6I2O2/c6-1-4(3-8)5(9)2-7/h3-4H,1-2H2. The van der Waals surface area contributed by atoms with E-state index in [1.807, 2.05) is 45.2 Å². The minimum absolute atomic E-state index is 0.0278. The molecule has 0 aliphatic carbocycles. The zero-order valence-corrected chi connectivity index (χ0v) is 8.96. The minimum Gasteiger partial charge on any atom is -0.303 e. The lowest BCUT2D eigenvalue weighted by Crippen LogP contribution is -2.17. The summed E-state index contributed by atoms with van der Waals surface area (Å²) in [6.07, 6.45) is 0.716. The molecule has 0 heterocycles. The molecule has 0 saturated heterocycles. The van der Waals surface area contributed by atoms with E-state index in [1.165, 1.54) is 0 Å².